The second-order valence-corrected chi connectivity index (χ2v) is 9.71. The summed E-state index contributed by atoms with van der Waals surface area (Å²) in [7, 11) is 0. The Balaban J connectivity index is 1.48. The van der Waals surface area contributed by atoms with E-state index < -0.39 is 5.60 Å². The fourth-order valence-corrected chi connectivity index (χ4v) is 6.76. The molecule has 4 atom stereocenters. The van der Waals surface area contributed by atoms with Crippen LogP contribution in [0.2, 0.25) is 0 Å². The van der Waals surface area contributed by atoms with E-state index in [0.29, 0.717) is 27.7 Å². The predicted octanol–water partition coefficient (Wildman–Crippen LogP) is 2.55. The molecule has 3 aromatic rings. The average Bonchev–Trinajstić information content (AvgIpc) is 3.21. The smallest absolute Gasteiger partial charge is 0.203 e. The van der Waals surface area contributed by atoms with Gasteiger partial charge in [-0.05, 0) is 56.4 Å². The fraction of sp³-hybridized carbons (Fsp3) is 0.556. The first-order valence-corrected chi connectivity index (χ1v) is 10.3. The number of fused-ring (bicyclic) bond motifs is 1. The second-order valence-electron chi connectivity index (χ2n) is 8.70. The highest BCUT2D eigenvalue weighted by atomic mass is 32.1. The normalized spacial score (nSPS) is 34.4. The Kier molecular flexibility index (Phi) is 3.02. The van der Waals surface area contributed by atoms with Crippen molar-refractivity contribution in [2.75, 3.05) is 11.1 Å². The number of nitrogens with one attached hydrogen (secondary N) is 2. The molecule has 140 valence electrons. The average molecular weight is 383 g/mol. The van der Waals surface area contributed by atoms with Crippen LogP contribution in [0.5, 0.6) is 0 Å². The Labute approximate surface area is 159 Å². The van der Waals surface area contributed by atoms with Crippen molar-refractivity contribution in [2.24, 2.45) is 11.8 Å². The van der Waals surface area contributed by atoms with E-state index in [9.17, 15) is 5.11 Å². The number of aromatic amines is 1. The lowest BCUT2D eigenvalue weighted by atomic mass is 9.51. The SMILES string of the molecule is Nc1nnc(-c2nnc3[nH]ccc3c2NC23C[C@@H]4C[C@@H](CC(O)(C4)C2)C3)s1. The highest BCUT2D eigenvalue weighted by Crippen LogP contribution is 2.58. The van der Waals surface area contributed by atoms with Gasteiger partial charge in [-0.3, -0.25) is 0 Å². The van der Waals surface area contributed by atoms with Gasteiger partial charge in [0.1, 0.15) is 5.69 Å². The first-order chi connectivity index (χ1) is 13.0. The van der Waals surface area contributed by atoms with Crippen LogP contribution in [0.15, 0.2) is 12.3 Å². The van der Waals surface area contributed by atoms with Gasteiger partial charge in [-0.1, -0.05) is 11.3 Å². The number of nitrogen functional groups attached to an aromatic ring is 1. The lowest BCUT2D eigenvalue weighted by molar-refractivity contribution is -0.127. The topological polar surface area (TPSA) is 126 Å². The fourth-order valence-electron chi connectivity index (χ4n) is 6.15. The van der Waals surface area contributed by atoms with Crippen LogP contribution >= 0.6 is 11.3 Å². The first kappa shape index (κ1) is 15.8. The molecule has 4 aliphatic rings. The quantitative estimate of drug-likeness (QED) is 0.547. The van der Waals surface area contributed by atoms with E-state index in [2.05, 4.69) is 30.7 Å². The number of aromatic nitrogens is 5. The molecule has 0 aromatic carbocycles. The van der Waals surface area contributed by atoms with Crippen molar-refractivity contribution >= 4 is 33.2 Å². The standard InChI is InChI=1S/C18H21N7OS/c19-16-25-24-15(27-16)13-12(11-1-2-20-14(11)23-22-13)21-17-4-9-3-10(5-17)7-18(26,6-9)8-17/h1-2,9-10,26H,3-8H2,(H2,19,25)(H2,20,21,23)/t9-,10+,17?,18?. The number of H-pyrrole nitrogens is 1. The minimum absolute atomic E-state index is 0.100. The zero-order valence-corrected chi connectivity index (χ0v) is 15.6. The molecule has 27 heavy (non-hydrogen) atoms. The van der Waals surface area contributed by atoms with E-state index in [1.165, 1.54) is 17.8 Å². The molecule has 3 aromatic heterocycles. The molecule has 8 nitrogen and oxygen atoms in total. The van der Waals surface area contributed by atoms with Gasteiger partial charge in [-0.25, -0.2) is 0 Å². The van der Waals surface area contributed by atoms with Gasteiger partial charge >= 0.3 is 0 Å². The summed E-state index contributed by atoms with van der Waals surface area (Å²) in [5.74, 6) is 1.20. The maximum Gasteiger partial charge on any atom is 0.203 e. The number of rotatable bonds is 3. The van der Waals surface area contributed by atoms with Crippen LogP contribution in [0.1, 0.15) is 38.5 Å². The van der Waals surface area contributed by atoms with E-state index >= 15 is 0 Å². The van der Waals surface area contributed by atoms with Gasteiger partial charge in [0, 0.05) is 17.1 Å². The van der Waals surface area contributed by atoms with E-state index in [-0.39, 0.29) is 5.54 Å². The van der Waals surface area contributed by atoms with E-state index in [0.717, 1.165) is 48.8 Å². The van der Waals surface area contributed by atoms with Crippen LogP contribution in [0, 0.1) is 11.8 Å². The van der Waals surface area contributed by atoms with E-state index in [1.807, 2.05) is 12.3 Å². The predicted molar refractivity (Wildman–Crippen MR) is 103 cm³/mol. The van der Waals surface area contributed by atoms with Gasteiger partial charge in [0.2, 0.25) is 5.13 Å². The third-order valence-electron chi connectivity index (χ3n) is 6.54. The van der Waals surface area contributed by atoms with Crippen molar-refractivity contribution in [3.63, 3.8) is 0 Å². The molecule has 0 aliphatic heterocycles. The molecule has 5 N–H and O–H groups in total. The zero-order valence-electron chi connectivity index (χ0n) is 14.8. The number of nitrogens with zero attached hydrogens (tertiary/aromatic N) is 4. The van der Waals surface area contributed by atoms with Gasteiger partial charge < -0.3 is 21.1 Å². The second kappa shape index (κ2) is 5.17. The summed E-state index contributed by atoms with van der Waals surface area (Å²) in [6, 6.07) is 2.01. The molecule has 0 spiro atoms. The number of aliphatic hydroxyl groups is 1. The Morgan fingerprint density at radius 1 is 1.15 bits per heavy atom. The zero-order chi connectivity index (χ0) is 18.2. The minimum atomic E-state index is -0.526. The summed E-state index contributed by atoms with van der Waals surface area (Å²) in [5.41, 5.74) is 7.51. The molecule has 4 aliphatic carbocycles. The van der Waals surface area contributed by atoms with Crippen LogP contribution in [0.4, 0.5) is 10.8 Å². The molecule has 9 heteroatoms. The number of hydrogen-bond acceptors (Lipinski definition) is 8. The Morgan fingerprint density at radius 2 is 1.96 bits per heavy atom. The highest BCUT2D eigenvalue weighted by molar-refractivity contribution is 7.18. The molecule has 2 unspecified atom stereocenters. The molecule has 4 fully saturated rings. The molecule has 4 saturated carbocycles. The van der Waals surface area contributed by atoms with Crippen LogP contribution in [0.25, 0.3) is 21.7 Å². The highest BCUT2D eigenvalue weighted by Gasteiger charge is 2.57. The molecule has 4 bridgehead atoms. The van der Waals surface area contributed by atoms with Crippen molar-refractivity contribution in [3.05, 3.63) is 12.3 Å². The van der Waals surface area contributed by atoms with Gasteiger partial charge in [0.15, 0.2) is 10.7 Å². The van der Waals surface area contributed by atoms with Crippen LogP contribution in [-0.4, -0.2) is 41.6 Å². The molecule has 0 amide bonds. The molecule has 0 saturated heterocycles. The van der Waals surface area contributed by atoms with Gasteiger partial charge in [-0.15, -0.1) is 20.4 Å². The summed E-state index contributed by atoms with van der Waals surface area (Å²) >= 11 is 1.31. The number of anilines is 2. The molecule has 3 heterocycles. The van der Waals surface area contributed by atoms with Crippen molar-refractivity contribution in [1.29, 1.82) is 0 Å². The van der Waals surface area contributed by atoms with E-state index in [1.54, 1.807) is 0 Å². The summed E-state index contributed by atoms with van der Waals surface area (Å²) in [5, 5.41) is 33.8. The summed E-state index contributed by atoms with van der Waals surface area (Å²) in [6.45, 7) is 0. The number of hydrogen-bond donors (Lipinski definition) is 4. The largest absolute Gasteiger partial charge is 0.390 e. The third kappa shape index (κ3) is 2.37. The Morgan fingerprint density at radius 3 is 2.67 bits per heavy atom. The molecular formula is C18H21N7OS. The van der Waals surface area contributed by atoms with Crippen LogP contribution in [-0.2, 0) is 0 Å². The van der Waals surface area contributed by atoms with Crippen LogP contribution in [0.3, 0.4) is 0 Å². The number of nitrogens with two attached hydrogens (primary N) is 1. The maximum absolute atomic E-state index is 11.1. The Bertz CT molecular complexity index is 1030. The molecule has 0 radical (unpaired) electrons. The Hall–Kier alpha value is -2.26. The van der Waals surface area contributed by atoms with Crippen molar-refractivity contribution in [2.45, 2.75) is 49.7 Å². The minimum Gasteiger partial charge on any atom is -0.390 e. The lowest BCUT2D eigenvalue weighted by Crippen LogP contribution is -2.62. The molecule has 7 rings (SSSR count). The first-order valence-electron chi connectivity index (χ1n) is 9.45. The molecular weight excluding hydrogens is 362 g/mol. The van der Waals surface area contributed by atoms with Crippen molar-refractivity contribution < 1.29 is 5.11 Å². The van der Waals surface area contributed by atoms with Crippen molar-refractivity contribution in [1.82, 2.24) is 25.4 Å². The van der Waals surface area contributed by atoms with E-state index in [4.69, 9.17) is 5.73 Å². The summed E-state index contributed by atoms with van der Waals surface area (Å²) in [6.07, 6.45) is 7.99. The maximum atomic E-state index is 11.1. The summed E-state index contributed by atoms with van der Waals surface area (Å²) < 4.78 is 0. The van der Waals surface area contributed by atoms with Crippen molar-refractivity contribution in [3.8, 4) is 10.7 Å². The van der Waals surface area contributed by atoms with Gasteiger partial charge in [0.25, 0.3) is 0 Å². The lowest BCUT2D eigenvalue weighted by Gasteiger charge is -2.60. The van der Waals surface area contributed by atoms with Gasteiger partial charge in [0.05, 0.1) is 11.3 Å². The van der Waals surface area contributed by atoms with Gasteiger partial charge in [-0.2, -0.15) is 0 Å². The monoisotopic (exact) mass is 383 g/mol. The third-order valence-corrected chi connectivity index (χ3v) is 7.30. The summed E-state index contributed by atoms with van der Waals surface area (Å²) in [4.78, 5) is 3.14. The van der Waals surface area contributed by atoms with Crippen LogP contribution < -0.4 is 11.1 Å².